The molecule has 150 valence electrons. The summed E-state index contributed by atoms with van der Waals surface area (Å²) in [6.07, 6.45) is 7.87. The van der Waals surface area contributed by atoms with Gasteiger partial charge >= 0.3 is 0 Å². The number of anilines is 1. The highest BCUT2D eigenvalue weighted by molar-refractivity contribution is 7.98. The lowest BCUT2D eigenvalue weighted by Crippen LogP contribution is -2.00. The molecule has 2 N–H and O–H groups in total. The first kappa shape index (κ1) is 19.9. The second-order valence-corrected chi connectivity index (χ2v) is 7.40. The summed E-state index contributed by atoms with van der Waals surface area (Å²) in [7, 11) is 0. The standard InChI is InChI=1S/C24H21FN4S/c1-30-24-28-22(18-9-11-20(25)12-10-18)23(29-24)19-13-15-27-21(16-19)26-14-5-8-17-6-3-2-4-7-17/h2-13,15-16H,14H2,1H3,(H,26,27)(H,28,29). The average molecular weight is 417 g/mol. The Hall–Kier alpha value is -3.38. The van der Waals surface area contributed by atoms with Gasteiger partial charge in [-0.15, -0.1) is 0 Å². The lowest BCUT2D eigenvalue weighted by Gasteiger charge is -2.06. The number of hydrogen-bond acceptors (Lipinski definition) is 4. The summed E-state index contributed by atoms with van der Waals surface area (Å²) in [4.78, 5) is 12.5. The van der Waals surface area contributed by atoms with E-state index in [4.69, 9.17) is 4.98 Å². The van der Waals surface area contributed by atoms with Crippen LogP contribution < -0.4 is 5.32 Å². The van der Waals surface area contributed by atoms with Crippen molar-refractivity contribution in [2.75, 3.05) is 18.1 Å². The van der Waals surface area contributed by atoms with Gasteiger partial charge in [0.2, 0.25) is 0 Å². The van der Waals surface area contributed by atoms with Crippen molar-refractivity contribution in [1.29, 1.82) is 0 Å². The number of nitrogens with one attached hydrogen (secondary N) is 2. The second kappa shape index (κ2) is 9.41. The van der Waals surface area contributed by atoms with Crippen LogP contribution in [0, 0.1) is 5.82 Å². The maximum atomic E-state index is 13.4. The normalized spacial score (nSPS) is 11.1. The number of benzene rings is 2. The fraction of sp³-hybridized carbons (Fsp3) is 0.0833. The molecule has 0 spiro atoms. The molecule has 0 saturated carbocycles. The molecule has 0 radical (unpaired) electrons. The third kappa shape index (κ3) is 4.78. The summed E-state index contributed by atoms with van der Waals surface area (Å²) in [6.45, 7) is 0.660. The van der Waals surface area contributed by atoms with Gasteiger partial charge in [-0.1, -0.05) is 54.2 Å². The Bertz CT molecular complexity index is 1140. The molecule has 6 heteroatoms. The molecule has 0 aliphatic carbocycles. The monoisotopic (exact) mass is 416 g/mol. The van der Waals surface area contributed by atoms with E-state index in [1.807, 2.05) is 36.6 Å². The van der Waals surface area contributed by atoms with Gasteiger partial charge in [-0.05, 0) is 48.2 Å². The smallest absolute Gasteiger partial charge is 0.166 e. The first-order valence-electron chi connectivity index (χ1n) is 9.55. The number of pyridine rings is 1. The molecule has 4 aromatic rings. The first-order valence-corrected chi connectivity index (χ1v) is 10.8. The van der Waals surface area contributed by atoms with E-state index < -0.39 is 0 Å². The third-order valence-corrected chi connectivity index (χ3v) is 5.13. The minimum absolute atomic E-state index is 0.260. The van der Waals surface area contributed by atoms with E-state index in [1.165, 1.54) is 23.9 Å². The summed E-state index contributed by atoms with van der Waals surface area (Å²) < 4.78 is 13.4. The Morgan fingerprint density at radius 2 is 1.83 bits per heavy atom. The van der Waals surface area contributed by atoms with Gasteiger partial charge < -0.3 is 10.3 Å². The highest BCUT2D eigenvalue weighted by atomic mass is 32.2. The zero-order valence-electron chi connectivity index (χ0n) is 16.5. The van der Waals surface area contributed by atoms with E-state index in [-0.39, 0.29) is 5.82 Å². The zero-order chi connectivity index (χ0) is 20.8. The van der Waals surface area contributed by atoms with Crippen molar-refractivity contribution in [3.8, 4) is 22.5 Å². The minimum atomic E-state index is -0.260. The number of H-pyrrole nitrogens is 1. The van der Waals surface area contributed by atoms with E-state index in [1.54, 1.807) is 18.3 Å². The van der Waals surface area contributed by atoms with E-state index >= 15 is 0 Å². The van der Waals surface area contributed by atoms with Gasteiger partial charge in [0, 0.05) is 23.9 Å². The first-order chi connectivity index (χ1) is 14.7. The number of thioether (sulfide) groups is 1. The number of rotatable bonds is 7. The maximum absolute atomic E-state index is 13.4. The lowest BCUT2D eigenvalue weighted by molar-refractivity contribution is 0.628. The molecule has 0 fully saturated rings. The molecule has 4 nitrogen and oxygen atoms in total. The quantitative estimate of drug-likeness (QED) is 0.356. The number of aromatic amines is 1. The fourth-order valence-corrected chi connectivity index (χ4v) is 3.47. The lowest BCUT2D eigenvalue weighted by atomic mass is 10.1. The Labute approximate surface area is 179 Å². The van der Waals surface area contributed by atoms with Gasteiger partial charge in [-0.2, -0.15) is 0 Å². The van der Waals surface area contributed by atoms with Crippen LogP contribution in [0.3, 0.4) is 0 Å². The topological polar surface area (TPSA) is 53.6 Å². The Kier molecular flexibility index (Phi) is 6.25. The van der Waals surface area contributed by atoms with Crippen molar-refractivity contribution in [3.05, 3.63) is 90.4 Å². The summed E-state index contributed by atoms with van der Waals surface area (Å²) in [5.41, 5.74) is 4.66. The van der Waals surface area contributed by atoms with E-state index in [0.29, 0.717) is 6.54 Å². The third-order valence-electron chi connectivity index (χ3n) is 4.55. The molecule has 2 aromatic carbocycles. The number of aromatic nitrogens is 3. The van der Waals surface area contributed by atoms with Crippen molar-refractivity contribution < 1.29 is 4.39 Å². The van der Waals surface area contributed by atoms with E-state index in [0.717, 1.165) is 39.1 Å². The van der Waals surface area contributed by atoms with Gasteiger partial charge in [0.05, 0.1) is 11.4 Å². The molecule has 0 amide bonds. The van der Waals surface area contributed by atoms with Gasteiger partial charge in [0.1, 0.15) is 11.6 Å². The molecule has 30 heavy (non-hydrogen) atoms. The average Bonchev–Trinajstić information content (AvgIpc) is 3.23. The molecule has 4 rings (SSSR count). The minimum Gasteiger partial charge on any atom is -0.367 e. The molecular weight excluding hydrogens is 395 g/mol. The molecule has 0 unspecified atom stereocenters. The number of hydrogen-bond donors (Lipinski definition) is 2. The summed E-state index contributed by atoms with van der Waals surface area (Å²) in [6, 6.07) is 20.5. The van der Waals surface area contributed by atoms with Crippen LogP contribution >= 0.6 is 11.8 Å². The van der Waals surface area contributed by atoms with Crippen LogP contribution in [0.25, 0.3) is 28.6 Å². The van der Waals surface area contributed by atoms with Gasteiger partial charge in [-0.3, -0.25) is 0 Å². The highest BCUT2D eigenvalue weighted by Crippen LogP contribution is 2.33. The molecule has 0 saturated heterocycles. The van der Waals surface area contributed by atoms with Crippen molar-refractivity contribution in [2.45, 2.75) is 5.16 Å². The maximum Gasteiger partial charge on any atom is 0.166 e. The molecule has 0 aliphatic rings. The van der Waals surface area contributed by atoms with Crippen LogP contribution in [0.15, 0.2) is 84.2 Å². The van der Waals surface area contributed by atoms with Crippen LogP contribution in [0.1, 0.15) is 5.56 Å². The molecule has 0 bridgehead atoms. The molecule has 2 heterocycles. The highest BCUT2D eigenvalue weighted by Gasteiger charge is 2.14. The van der Waals surface area contributed by atoms with E-state index in [2.05, 4.69) is 39.6 Å². The molecule has 0 atom stereocenters. The second-order valence-electron chi connectivity index (χ2n) is 6.60. The van der Waals surface area contributed by atoms with Gasteiger partial charge in [0.25, 0.3) is 0 Å². The molecular formula is C24H21FN4S. The van der Waals surface area contributed by atoms with Crippen molar-refractivity contribution in [2.24, 2.45) is 0 Å². The predicted octanol–water partition coefficient (Wildman–Crippen LogP) is 6.13. The van der Waals surface area contributed by atoms with Crippen LogP contribution in [0.4, 0.5) is 10.2 Å². The summed E-state index contributed by atoms with van der Waals surface area (Å²) in [5, 5.41) is 4.13. The fourth-order valence-electron chi connectivity index (χ4n) is 3.08. The van der Waals surface area contributed by atoms with Gasteiger partial charge in [-0.25, -0.2) is 14.4 Å². The number of nitrogens with zero attached hydrogens (tertiary/aromatic N) is 2. The van der Waals surface area contributed by atoms with Crippen LogP contribution in [-0.2, 0) is 0 Å². The molecule has 0 aliphatic heterocycles. The van der Waals surface area contributed by atoms with Crippen molar-refractivity contribution >= 4 is 23.7 Å². The number of halogens is 1. The molecule has 2 aromatic heterocycles. The largest absolute Gasteiger partial charge is 0.367 e. The number of imidazole rings is 1. The summed E-state index contributed by atoms with van der Waals surface area (Å²) >= 11 is 1.53. The predicted molar refractivity (Wildman–Crippen MR) is 123 cm³/mol. The van der Waals surface area contributed by atoms with Crippen LogP contribution in [0.2, 0.25) is 0 Å². The van der Waals surface area contributed by atoms with Gasteiger partial charge in [0.15, 0.2) is 5.16 Å². The Morgan fingerprint density at radius 1 is 1.03 bits per heavy atom. The van der Waals surface area contributed by atoms with Crippen molar-refractivity contribution in [3.63, 3.8) is 0 Å². The van der Waals surface area contributed by atoms with E-state index in [9.17, 15) is 4.39 Å². The van der Waals surface area contributed by atoms with Crippen LogP contribution in [0.5, 0.6) is 0 Å². The van der Waals surface area contributed by atoms with Crippen molar-refractivity contribution in [1.82, 2.24) is 15.0 Å². The Balaban J connectivity index is 1.55. The van der Waals surface area contributed by atoms with Crippen LogP contribution in [-0.4, -0.2) is 27.8 Å². The Morgan fingerprint density at radius 3 is 2.60 bits per heavy atom. The summed E-state index contributed by atoms with van der Waals surface area (Å²) in [5.74, 6) is 0.507. The SMILES string of the molecule is CSc1nc(-c2ccnc(NCC=Cc3ccccc3)c2)c(-c2ccc(F)cc2)[nH]1. The zero-order valence-corrected chi connectivity index (χ0v) is 17.3.